The van der Waals surface area contributed by atoms with Crippen molar-refractivity contribution in [1.82, 2.24) is 14.5 Å². The molecule has 0 saturated heterocycles. The van der Waals surface area contributed by atoms with E-state index in [1.807, 2.05) is 41.0 Å². The van der Waals surface area contributed by atoms with Crippen LogP contribution in [0.1, 0.15) is 31.0 Å². The van der Waals surface area contributed by atoms with Crippen LogP contribution in [0.25, 0.3) is 0 Å². The number of hydrogen-bond donors (Lipinski definition) is 0. The van der Waals surface area contributed by atoms with Crippen molar-refractivity contribution in [3.8, 4) is 0 Å². The summed E-state index contributed by atoms with van der Waals surface area (Å²) in [5, 5.41) is 0.110. The van der Waals surface area contributed by atoms with E-state index >= 15 is 0 Å². The molecule has 0 N–H and O–H groups in total. The first-order valence-electron chi connectivity index (χ1n) is 10.3. The molecule has 0 amide bonds. The minimum atomic E-state index is -3.55. The van der Waals surface area contributed by atoms with Crippen molar-refractivity contribution in [3.63, 3.8) is 0 Å². The highest BCUT2D eigenvalue weighted by atomic mass is 32.2. The molecule has 1 aromatic heterocycles. The molecular formula is C23H31N3O3S. The molecule has 0 unspecified atom stereocenters. The van der Waals surface area contributed by atoms with Crippen LogP contribution in [0.15, 0.2) is 66.5 Å². The highest BCUT2D eigenvalue weighted by molar-refractivity contribution is 7.91. The van der Waals surface area contributed by atoms with Gasteiger partial charge < -0.3 is 9.30 Å². The van der Waals surface area contributed by atoms with Gasteiger partial charge in [0.1, 0.15) is 0 Å². The van der Waals surface area contributed by atoms with E-state index in [4.69, 9.17) is 4.74 Å². The third-order valence-electron chi connectivity index (χ3n) is 5.52. The highest BCUT2D eigenvalue weighted by Crippen LogP contribution is 2.25. The van der Waals surface area contributed by atoms with E-state index in [0.717, 1.165) is 24.1 Å². The fourth-order valence-electron chi connectivity index (χ4n) is 3.88. The zero-order valence-electron chi connectivity index (χ0n) is 17.8. The van der Waals surface area contributed by atoms with Crippen molar-refractivity contribution in [3.05, 3.63) is 72.6 Å². The Morgan fingerprint density at radius 2 is 2.03 bits per heavy atom. The van der Waals surface area contributed by atoms with Crippen LogP contribution in [-0.4, -0.2) is 54.4 Å². The quantitative estimate of drug-likeness (QED) is 0.541. The van der Waals surface area contributed by atoms with Crippen LogP contribution in [0, 0.1) is 0 Å². The zero-order chi connectivity index (χ0) is 21.6. The predicted molar refractivity (Wildman–Crippen MR) is 119 cm³/mol. The minimum absolute atomic E-state index is 0.0866. The second-order valence-electron chi connectivity index (χ2n) is 7.67. The summed E-state index contributed by atoms with van der Waals surface area (Å²) in [5.74, 6) is -0.0866. The predicted octanol–water partition coefficient (Wildman–Crippen LogP) is 3.45. The molecule has 2 aromatic rings. The van der Waals surface area contributed by atoms with Gasteiger partial charge in [0.25, 0.3) is 0 Å². The Morgan fingerprint density at radius 1 is 1.27 bits per heavy atom. The third-order valence-corrected chi connectivity index (χ3v) is 7.10. The molecule has 2 atom stereocenters. The lowest BCUT2D eigenvalue weighted by molar-refractivity contribution is 0.146. The van der Waals surface area contributed by atoms with E-state index in [-0.39, 0.29) is 23.6 Å². The van der Waals surface area contributed by atoms with Crippen LogP contribution >= 0.6 is 0 Å². The number of benzene rings is 1. The van der Waals surface area contributed by atoms with Crippen LogP contribution in [-0.2, 0) is 27.7 Å². The molecule has 30 heavy (non-hydrogen) atoms. The summed E-state index contributed by atoms with van der Waals surface area (Å²) in [6, 6.07) is 10.5. The Labute approximate surface area is 179 Å². The fraction of sp³-hybridized carbons (Fsp3) is 0.435. The van der Waals surface area contributed by atoms with Crippen molar-refractivity contribution in [2.45, 2.75) is 50.1 Å². The van der Waals surface area contributed by atoms with Crippen molar-refractivity contribution < 1.29 is 13.2 Å². The molecule has 3 rings (SSSR count). The van der Waals surface area contributed by atoms with Crippen molar-refractivity contribution >= 4 is 9.84 Å². The van der Waals surface area contributed by atoms with Crippen LogP contribution in [0.5, 0.6) is 0 Å². The Kier molecular flexibility index (Phi) is 7.64. The second kappa shape index (κ2) is 10.2. The highest BCUT2D eigenvalue weighted by Gasteiger charge is 2.28. The number of aromatic nitrogens is 2. The monoisotopic (exact) mass is 429 g/mol. The number of imidazole rings is 1. The Bertz CT molecular complexity index is 967. The standard InChI is InChI=1S/C23H31N3O3S/c1-4-9-21-13-8-10-19(2)25(21)18-22-16-24-23(30(27,28)15-14-29-3)26(22)17-20-11-6-5-7-12-20/h4-8,10-12,16,19,21H,1,9,13-15,17-18H2,2-3H3/t19-,21-/m1/s1. The first kappa shape index (κ1) is 22.5. The first-order valence-corrected chi connectivity index (χ1v) is 11.9. The van der Waals surface area contributed by atoms with Gasteiger partial charge in [-0.3, -0.25) is 4.90 Å². The van der Waals surface area contributed by atoms with Gasteiger partial charge >= 0.3 is 0 Å². The van der Waals surface area contributed by atoms with Gasteiger partial charge in [0.15, 0.2) is 0 Å². The van der Waals surface area contributed by atoms with Crippen LogP contribution in [0.2, 0.25) is 0 Å². The molecule has 2 heterocycles. The van der Waals surface area contributed by atoms with E-state index < -0.39 is 9.84 Å². The number of rotatable bonds is 10. The topological polar surface area (TPSA) is 64.4 Å². The molecule has 1 aliphatic heterocycles. The number of nitrogens with zero attached hydrogens (tertiary/aromatic N) is 3. The van der Waals surface area contributed by atoms with Crippen molar-refractivity contribution in [1.29, 1.82) is 0 Å². The number of methoxy groups -OCH3 is 1. The molecule has 1 aliphatic rings. The van der Waals surface area contributed by atoms with E-state index in [2.05, 4.69) is 35.5 Å². The van der Waals surface area contributed by atoms with Gasteiger partial charge in [-0.05, 0) is 25.3 Å². The average molecular weight is 430 g/mol. The molecule has 0 radical (unpaired) electrons. The van der Waals surface area contributed by atoms with Gasteiger partial charge in [-0.25, -0.2) is 13.4 Å². The molecule has 1 aromatic carbocycles. The summed E-state index contributed by atoms with van der Waals surface area (Å²) in [6.07, 6.45) is 9.93. The smallest absolute Gasteiger partial charge is 0.228 e. The maximum Gasteiger partial charge on any atom is 0.228 e. The molecule has 162 valence electrons. The SMILES string of the molecule is C=CC[C@@H]1CC=C[C@@H](C)N1Cc1cnc(S(=O)(=O)CCOC)n1Cc1ccccc1. The van der Waals surface area contributed by atoms with Gasteiger partial charge in [0.05, 0.1) is 30.8 Å². The third kappa shape index (κ3) is 5.28. The zero-order valence-corrected chi connectivity index (χ0v) is 18.6. The lowest BCUT2D eigenvalue weighted by Gasteiger charge is -2.37. The lowest BCUT2D eigenvalue weighted by atomic mass is 10.00. The maximum absolute atomic E-state index is 12.9. The molecule has 6 nitrogen and oxygen atoms in total. The van der Waals surface area contributed by atoms with Crippen LogP contribution in [0.4, 0.5) is 0 Å². The Balaban J connectivity index is 1.97. The number of hydrogen-bond acceptors (Lipinski definition) is 5. The van der Waals surface area contributed by atoms with Crippen LogP contribution in [0.3, 0.4) is 0 Å². The van der Waals surface area contributed by atoms with Gasteiger partial charge in [0.2, 0.25) is 15.0 Å². The van der Waals surface area contributed by atoms with E-state index in [9.17, 15) is 8.42 Å². The Morgan fingerprint density at radius 3 is 2.73 bits per heavy atom. The summed E-state index contributed by atoms with van der Waals surface area (Å²) in [5.41, 5.74) is 1.93. The van der Waals surface area contributed by atoms with Crippen molar-refractivity contribution in [2.75, 3.05) is 19.5 Å². The van der Waals surface area contributed by atoms with Gasteiger partial charge in [-0.2, -0.15) is 0 Å². The van der Waals surface area contributed by atoms with E-state index in [1.54, 1.807) is 6.20 Å². The molecule has 0 bridgehead atoms. The summed E-state index contributed by atoms with van der Waals surface area (Å²) in [7, 11) is -2.05. The molecule has 0 fully saturated rings. The molecular weight excluding hydrogens is 398 g/mol. The van der Waals surface area contributed by atoms with Gasteiger partial charge in [-0.15, -0.1) is 6.58 Å². The van der Waals surface area contributed by atoms with E-state index in [0.29, 0.717) is 19.1 Å². The lowest BCUT2D eigenvalue weighted by Crippen LogP contribution is -2.42. The van der Waals surface area contributed by atoms with Crippen LogP contribution < -0.4 is 0 Å². The second-order valence-corrected chi connectivity index (χ2v) is 9.67. The summed E-state index contributed by atoms with van der Waals surface area (Å²) < 4.78 is 32.7. The van der Waals surface area contributed by atoms with Gasteiger partial charge in [-0.1, -0.05) is 48.6 Å². The summed E-state index contributed by atoms with van der Waals surface area (Å²) in [6.45, 7) is 7.30. The molecule has 7 heteroatoms. The van der Waals surface area contributed by atoms with Gasteiger partial charge in [0, 0.05) is 25.7 Å². The Hall–Kier alpha value is -2.22. The summed E-state index contributed by atoms with van der Waals surface area (Å²) in [4.78, 5) is 6.75. The first-order chi connectivity index (χ1) is 14.5. The van der Waals surface area contributed by atoms with Crippen molar-refractivity contribution in [2.24, 2.45) is 0 Å². The maximum atomic E-state index is 12.9. The largest absolute Gasteiger partial charge is 0.384 e. The minimum Gasteiger partial charge on any atom is -0.384 e. The summed E-state index contributed by atoms with van der Waals surface area (Å²) >= 11 is 0. The molecule has 0 spiro atoms. The molecule has 0 aliphatic carbocycles. The average Bonchev–Trinajstić information content (AvgIpc) is 3.13. The number of sulfone groups is 1. The number of ether oxygens (including phenoxy) is 1. The normalized spacial score (nSPS) is 19.8. The molecule has 0 saturated carbocycles. The fourth-order valence-corrected chi connectivity index (χ4v) is 5.18. The van der Waals surface area contributed by atoms with E-state index in [1.165, 1.54) is 7.11 Å².